The fraction of sp³-hybridized carbons (Fsp3) is 0.333. The summed E-state index contributed by atoms with van der Waals surface area (Å²) in [5.74, 6) is 0. The third-order valence-electron chi connectivity index (χ3n) is 3.71. The normalized spacial score (nSPS) is 44.7. The molecule has 4 nitrogen and oxygen atoms in total. The molecule has 3 aliphatic rings. The maximum absolute atomic E-state index is 6.35. The minimum absolute atomic E-state index is 0.203. The molecule has 0 saturated heterocycles. The summed E-state index contributed by atoms with van der Waals surface area (Å²) in [6, 6.07) is -0.203. The Morgan fingerprint density at radius 2 is 1.94 bits per heavy atom. The maximum Gasteiger partial charge on any atom is 0.0771 e. The molecular weight excluding hydrogens is 200 g/mol. The van der Waals surface area contributed by atoms with E-state index in [0.29, 0.717) is 12.1 Å². The summed E-state index contributed by atoms with van der Waals surface area (Å²) in [7, 11) is 0. The lowest BCUT2D eigenvalue weighted by atomic mass is 9.71. The van der Waals surface area contributed by atoms with Crippen molar-refractivity contribution in [3.8, 4) is 0 Å². The second-order valence-corrected chi connectivity index (χ2v) is 4.84. The van der Waals surface area contributed by atoms with E-state index < -0.39 is 11.1 Å². The zero-order valence-electron chi connectivity index (χ0n) is 8.98. The van der Waals surface area contributed by atoms with Crippen molar-refractivity contribution in [1.82, 2.24) is 0 Å². The van der Waals surface area contributed by atoms with Crippen LogP contribution in [0.4, 0.5) is 0 Å². The standard InChI is InChI=1S/C12H16N4/c13-7-1-3-11(15)5-6-12(16)4-2-8(14)9(7)10(11)12/h1-3,5-7H,4,13-16H2. The molecule has 0 radical (unpaired) electrons. The van der Waals surface area contributed by atoms with Gasteiger partial charge in [0.2, 0.25) is 0 Å². The Labute approximate surface area is 94.3 Å². The van der Waals surface area contributed by atoms with Crippen molar-refractivity contribution in [3.63, 3.8) is 0 Å². The lowest BCUT2D eigenvalue weighted by molar-refractivity contribution is 0.553. The van der Waals surface area contributed by atoms with Gasteiger partial charge in [0.05, 0.1) is 17.1 Å². The third kappa shape index (κ3) is 0.988. The SMILES string of the molecule is NC1=CCC2(N)C=CC3(N)C=CC(N)C1=C32. The lowest BCUT2D eigenvalue weighted by Crippen LogP contribution is -2.53. The van der Waals surface area contributed by atoms with Crippen molar-refractivity contribution in [1.29, 1.82) is 0 Å². The van der Waals surface area contributed by atoms with Gasteiger partial charge in [-0.05, 0) is 17.6 Å². The largest absolute Gasteiger partial charge is 0.399 e. The monoisotopic (exact) mass is 216 g/mol. The van der Waals surface area contributed by atoms with Crippen LogP contribution in [0.15, 0.2) is 47.2 Å². The molecule has 3 atom stereocenters. The smallest absolute Gasteiger partial charge is 0.0771 e. The average molecular weight is 216 g/mol. The number of hydrogen-bond donors (Lipinski definition) is 4. The molecule has 3 aliphatic carbocycles. The Morgan fingerprint density at radius 1 is 1.19 bits per heavy atom. The maximum atomic E-state index is 6.35. The highest BCUT2D eigenvalue weighted by molar-refractivity contribution is 5.64. The number of hydrogen-bond acceptors (Lipinski definition) is 4. The van der Waals surface area contributed by atoms with Crippen molar-refractivity contribution in [2.75, 3.05) is 0 Å². The van der Waals surface area contributed by atoms with Gasteiger partial charge < -0.3 is 22.9 Å². The van der Waals surface area contributed by atoms with E-state index in [-0.39, 0.29) is 6.04 Å². The summed E-state index contributed by atoms with van der Waals surface area (Å²) in [4.78, 5) is 0. The molecule has 0 aromatic carbocycles. The topological polar surface area (TPSA) is 104 Å². The van der Waals surface area contributed by atoms with E-state index in [1.165, 1.54) is 0 Å². The van der Waals surface area contributed by atoms with E-state index in [2.05, 4.69) is 0 Å². The van der Waals surface area contributed by atoms with Gasteiger partial charge in [-0.2, -0.15) is 0 Å². The molecule has 0 spiro atoms. The summed E-state index contributed by atoms with van der Waals surface area (Å²) in [6.07, 6.45) is 10.3. The quantitative estimate of drug-likeness (QED) is 0.405. The van der Waals surface area contributed by atoms with Gasteiger partial charge in [-0.15, -0.1) is 0 Å². The molecule has 0 heterocycles. The third-order valence-corrected chi connectivity index (χ3v) is 3.71. The Bertz CT molecular complexity index is 485. The zero-order chi connectivity index (χ0) is 11.6. The highest BCUT2D eigenvalue weighted by Crippen LogP contribution is 2.45. The molecule has 0 amide bonds. The molecule has 8 N–H and O–H groups in total. The van der Waals surface area contributed by atoms with Gasteiger partial charge in [-0.25, -0.2) is 0 Å². The van der Waals surface area contributed by atoms with Crippen LogP contribution in [0, 0.1) is 0 Å². The van der Waals surface area contributed by atoms with Crippen LogP contribution in [0.1, 0.15) is 6.42 Å². The minimum Gasteiger partial charge on any atom is -0.399 e. The molecule has 16 heavy (non-hydrogen) atoms. The van der Waals surface area contributed by atoms with Crippen LogP contribution >= 0.6 is 0 Å². The van der Waals surface area contributed by atoms with Crippen molar-refractivity contribution in [2.24, 2.45) is 22.9 Å². The predicted octanol–water partition coefficient (Wildman–Crippen LogP) is -0.609. The lowest BCUT2D eigenvalue weighted by Gasteiger charge is -2.40. The van der Waals surface area contributed by atoms with Gasteiger partial charge in [0.1, 0.15) is 0 Å². The second kappa shape index (κ2) is 2.66. The summed E-state index contributed by atoms with van der Waals surface area (Å²) >= 11 is 0. The minimum atomic E-state index is -0.598. The Hall–Kier alpha value is -1.36. The predicted molar refractivity (Wildman–Crippen MR) is 64.0 cm³/mol. The fourth-order valence-electron chi connectivity index (χ4n) is 2.90. The van der Waals surface area contributed by atoms with Crippen LogP contribution in [-0.4, -0.2) is 17.1 Å². The first-order valence-electron chi connectivity index (χ1n) is 5.40. The molecule has 0 fully saturated rings. The number of nitrogens with two attached hydrogens (primary N) is 4. The van der Waals surface area contributed by atoms with E-state index in [1.807, 2.05) is 30.4 Å². The van der Waals surface area contributed by atoms with Gasteiger partial charge >= 0.3 is 0 Å². The molecule has 3 unspecified atom stereocenters. The second-order valence-electron chi connectivity index (χ2n) is 4.84. The van der Waals surface area contributed by atoms with Gasteiger partial charge in [0.25, 0.3) is 0 Å². The van der Waals surface area contributed by atoms with E-state index >= 15 is 0 Å². The van der Waals surface area contributed by atoms with Crippen LogP contribution in [0.2, 0.25) is 0 Å². The van der Waals surface area contributed by atoms with Crippen LogP contribution < -0.4 is 22.9 Å². The first kappa shape index (κ1) is 9.84. The van der Waals surface area contributed by atoms with Gasteiger partial charge in [0, 0.05) is 5.70 Å². The van der Waals surface area contributed by atoms with E-state index in [4.69, 9.17) is 22.9 Å². The Morgan fingerprint density at radius 3 is 2.69 bits per heavy atom. The van der Waals surface area contributed by atoms with Crippen LogP contribution in [0.5, 0.6) is 0 Å². The first-order chi connectivity index (χ1) is 7.46. The van der Waals surface area contributed by atoms with Crippen molar-refractivity contribution in [2.45, 2.75) is 23.5 Å². The van der Waals surface area contributed by atoms with Crippen LogP contribution in [0.3, 0.4) is 0 Å². The highest BCUT2D eigenvalue weighted by atomic mass is 14.9. The molecule has 0 aromatic rings. The van der Waals surface area contributed by atoms with Crippen molar-refractivity contribution < 1.29 is 0 Å². The summed E-state index contributed by atoms with van der Waals surface area (Å²) in [5, 5.41) is 0. The molecule has 4 heteroatoms. The van der Waals surface area contributed by atoms with Gasteiger partial charge in [-0.1, -0.05) is 30.4 Å². The summed E-state index contributed by atoms with van der Waals surface area (Å²) in [5.41, 5.74) is 26.2. The average Bonchev–Trinajstić information content (AvgIpc) is 2.52. The molecule has 84 valence electrons. The highest BCUT2D eigenvalue weighted by Gasteiger charge is 2.48. The van der Waals surface area contributed by atoms with E-state index in [9.17, 15) is 0 Å². The number of rotatable bonds is 0. The van der Waals surface area contributed by atoms with Crippen LogP contribution in [0.25, 0.3) is 0 Å². The zero-order valence-corrected chi connectivity index (χ0v) is 8.98. The van der Waals surface area contributed by atoms with Crippen molar-refractivity contribution in [3.05, 3.63) is 47.2 Å². The fourth-order valence-corrected chi connectivity index (χ4v) is 2.90. The van der Waals surface area contributed by atoms with Crippen molar-refractivity contribution >= 4 is 0 Å². The molecule has 0 aliphatic heterocycles. The Balaban J connectivity index is 2.29. The molecular formula is C12H16N4. The molecule has 0 saturated carbocycles. The molecule has 3 rings (SSSR count). The van der Waals surface area contributed by atoms with Gasteiger partial charge in [0.15, 0.2) is 0 Å². The summed E-state index contributed by atoms with van der Waals surface area (Å²) in [6.45, 7) is 0. The molecule has 0 aromatic heterocycles. The Kier molecular flexibility index (Phi) is 1.63. The molecule has 0 bridgehead atoms. The van der Waals surface area contributed by atoms with Crippen LogP contribution in [-0.2, 0) is 0 Å². The van der Waals surface area contributed by atoms with E-state index in [0.717, 1.165) is 11.1 Å². The van der Waals surface area contributed by atoms with E-state index in [1.54, 1.807) is 0 Å². The van der Waals surface area contributed by atoms with Gasteiger partial charge in [-0.3, -0.25) is 0 Å². The first-order valence-corrected chi connectivity index (χ1v) is 5.40. The summed E-state index contributed by atoms with van der Waals surface area (Å²) < 4.78 is 0.